The smallest absolute Gasteiger partial charge is 0.253 e. The third-order valence-electron chi connectivity index (χ3n) is 2.17. The summed E-state index contributed by atoms with van der Waals surface area (Å²) in [7, 11) is 3.85. The number of aliphatic hydroxyl groups is 1. The SMILES string of the molecule is CN(C)c1ccc(C(=O)NC(O)CN)cc1. The first-order valence-corrected chi connectivity index (χ1v) is 5.01. The second-order valence-electron chi connectivity index (χ2n) is 3.67. The molecule has 0 bridgehead atoms. The molecule has 4 N–H and O–H groups in total. The molecule has 0 heterocycles. The van der Waals surface area contributed by atoms with E-state index in [2.05, 4.69) is 5.32 Å². The second-order valence-corrected chi connectivity index (χ2v) is 3.67. The van der Waals surface area contributed by atoms with Gasteiger partial charge in [0.15, 0.2) is 0 Å². The molecular formula is C11H17N3O2. The molecular weight excluding hydrogens is 206 g/mol. The van der Waals surface area contributed by atoms with E-state index in [1.807, 2.05) is 31.1 Å². The summed E-state index contributed by atoms with van der Waals surface area (Å²) in [4.78, 5) is 13.5. The number of aliphatic hydroxyl groups excluding tert-OH is 1. The Hall–Kier alpha value is -1.59. The summed E-state index contributed by atoms with van der Waals surface area (Å²) in [5.41, 5.74) is 6.70. The predicted molar refractivity (Wildman–Crippen MR) is 63.3 cm³/mol. The van der Waals surface area contributed by atoms with Gasteiger partial charge in [-0.2, -0.15) is 0 Å². The summed E-state index contributed by atoms with van der Waals surface area (Å²) >= 11 is 0. The quantitative estimate of drug-likeness (QED) is 0.616. The van der Waals surface area contributed by atoms with Crippen molar-refractivity contribution in [3.63, 3.8) is 0 Å². The average molecular weight is 223 g/mol. The van der Waals surface area contributed by atoms with Gasteiger partial charge < -0.3 is 21.1 Å². The number of hydrogen-bond acceptors (Lipinski definition) is 4. The van der Waals surface area contributed by atoms with Gasteiger partial charge in [-0.05, 0) is 24.3 Å². The van der Waals surface area contributed by atoms with Gasteiger partial charge in [0, 0.05) is 31.9 Å². The number of anilines is 1. The highest BCUT2D eigenvalue weighted by Crippen LogP contribution is 2.11. The van der Waals surface area contributed by atoms with Gasteiger partial charge in [-0.3, -0.25) is 4.79 Å². The van der Waals surface area contributed by atoms with Crippen LogP contribution in [0.1, 0.15) is 10.4 Å². The van der Waals surface area contributed by atoms with Crippen molar-refractivity contribution in [2.75, 3.05) is 25.5 Å². The zero-order chi connectivity index (χ0) is 12.1. The van der Waals surface area contributed by atoms with E-state index >= 15 is 0 Å². The molecule has 16 heavy (non-hydrogen) atoms. The molecule has 0 aliphatic heterocycles. The number of carbonyl (C=O) groups is 1. The van der Waals surface area contributed by atoms with Gasteiger partial charge in [-0.25, -0.2) is 0 Å². The molecule has 1 aromatic rings. The monoisotopic (exact) mass is 223 g/mol. The van der Waals surface area contributed by atoms with E-state index in [9.17, 15) is 4.79 Å². The lowest BCUT2D eigenvalue weighted by atomic mass is 10.2. The van der Waals surface area contributed by atoms with Crippen LogP contribution in [0.2, 0.25) is 0 Å². The van der Waals surface area contributed by atoms with Gasteiger partial charge in [-0.1, -0.05) is 0 Å². The van der Waals surface area contributed by atoms with Crippen molar-refractivity contribution in [2.45, 2.75) is 6.23 Å². The maximum absolute atomic E-state index is 11.6. The third kappa shape index (κ3) is 3.22. The van der Waals surface area contributed by atoms with Crippen molar-refractivity contribution in [1.82, 2.24) is 5.32 Å². The van der Waals surface area contributed by atoms with Crippen LogP contribution in [0.25, 0.3) is 0 Å². The molecule has 0 saturated heterocycles. The molecule has 1 aromatic carbocycles. The number of amides is 1. The largest absolute Gasteiger partial charge is 0.378 e. The standard InChI is InChI=1S/C11H17N3O2/c1-14(2)9-5-3-8(4-6-9)11(16)13-10(15)7-12/h3-6,10,15H,7,12H2,1-2H3,(H,13,16). The Kier molecular flexibility index (Phi) is 4.28. The number of nitrogens with zero attached hydrogens (tertiary/aromatic N) is 1. The van der Waals surface area contributed by atoms with Crippen LogP contribution < -0.4 is 16.0 Å². The van der Waals surface area contributed by atoms with Crippen molar-refractivity contribution in [1.29, 1.82) is 0 Å². The van der Waals surface area contributed by atoms with E-state index in [1.54, 1.807) is 12.1 Å². The minimum atomic E-state index is -0.999. The van der Waals surface area contributed by atoms with Crippen molar-refractivity contribution >= 4 is 11.6 Å². The molecule has 0 radical (unpaired) electrons. The van der Waals surface area contributed by atoms with E-state index in [0.29, 0.717) is 5.56 Å². The highest BCUT2D eigenvalue weighted by Gasteiger charge is 2.09. The number of nitrogens with one attached hydrogen (secondary N) is 1. The van der Waals surface area contributed by atoms with E-state index in [1.165, 1.54) is 0 Å². The molecule has 5 nitrogen and oxygen atoms in total. The number of benzene rings is 1. The summed E-state index contributed by atoms with van der Waals surface area (Å²) in [6.07, 6.45) is -0.999. The van der Waals surface area contributed by atoms with E-state index in [-0.39, 0.29) is 12.5 Å². The van der Waals surface area contributed by atoms with Gasteiger partial charge >= 0.3 is 0 Å². The molecule has 5 heteroatoms. The highest BCUT2D eigenvalue weighted by atomic mass is 16.3. The maximum Gasteiger partial charge on any atom is 0.253 e. The molecule has 1 atom stereocenters. The Morgan fingerprint density at radius 2 is 2.00 bits per heavy atom. The van der Waals surface area contributed by atoms with Crippen LogP contribution in [0.15, 0.2) is 24.3 Å². The van der Waals surface area contributed by atoms with Gasteiger partial charge in [0.05, 0.1) is 0 Å². The molecule has 0 fully saturated rings. The van der Waals surface area contributed by atoms with Crippen molar-refractivity contribution in [3.05, 3.63) is 29.8 Å². The Labute approximate surface area is 94.9 Å². The molecule has 0 aliphatic carbocycles. The topological polar surface area (TPSA) is 78.6 Å². The lowest BCUT2D eigenvalue weighted by molar-refractivity contribution is 0.0800. The molecule has 0 aliphatic rings. The normalized spacial score (nSPS) is 12.0. The number of nitrogens with two attached hydrogens (primary N) is 1. The third-order valence-corrected chi connectivity index (χ3v) is 2.17. The maximum atomic E-state index is 11.6. The van der Waals surface area contributed by atoms with Crippen LogP contribution >= 0.6 is 0 Å². The summed E-state index contributed by atoms with van der Waals surface area (Å²) < 4.78 is 0. The molecule has 0 spiro atoms. The van der Waals surface area contributed by atoms with Crippen LogP contribution in [0.4, 0.5) is 5.69 Å². The summed E-state index contributed by atoms with van der Waals surface area (Å²) in [5, 5.41) is 11.5. The van der Waals surface area contributed by atoms with E-state index in [0.717, 1.165) is 5.69 Å². The fourth-order valence-electron chi connectivity index (χ4n) is 1.20. The van der Waals surface area contributed by atoms with Crippen LogP contribution in [-0.4, -0.2) is 37.9 Å². The molecule has 88 valence electrons. The zero-order valence-corrected chi connectivity index (χ0v) is 9.47. The minimum absolute atomic E-state index is 0.00151. The Morgan fingerprint density at radius 1 is 1.44 bits per heavy atom. The van der Waals surface area contributed by atoms with Crippen LogP contribution in [0.5, 0.6) is 0 Å². The second kappa shape index (κ2) is 5.48. The molecule has 1 rings (SSSR count). The van der Waals surface area contributed by atoms with Crippen LogP contribution in [0.3, 0.4) is 0 Å². The number of carbonyl (C=O) groups excluding carboxylic acids is 1. The summed E-state index contributed by atoms with van der Waals surface area (Å²) in [6.45, 7) is 0.00151. The van der Waals surface area contributed by atoms with Gasteiger partial charge in [0.25, 0.3) is 5.91 Å². The predicted octanol–water partition coefficient (Wildman–Crippen LogP) is -0.240. The lowest BCUT2D eigenvalue weighted by Gasteiger charge is -2.13. The van der Waals surface area contributed by atoms with Gasteiger partial charge in [0.1, 0.15) is 6.23 Å². The molecule has 1 amide bonds. The van der Waals surface area contributed by atoms with Crippen molar-refractivity contribution < 1.29 is 9.90 Å². The summed E-state index contributed by atoms with van der Waals surface area (Å²) in [5.74, 6) is -0.330. The Bertz CT molecular complexity index is 349. The lowest BCUT2D eigenvalue weighted by Crippen LogP contribution is -2.39. The Balaban J connectivity index is 2.70. The van der Waals surface area contributed by atoms with Gasteiger partial charge in [-0.15, -0.1) is 0 Å². The van der Waals surface area contributed by atoms with E-state index < -0.39 is 6.23 Å². The average Bonchev–Trinajstić information content (AvgIpc) is 2.28. The minimum Gasteiger partial charge on any atom is -0.378 e. The molecule has 0 saturated carbocycles. The zero-order valence-electron chi connectivity index (χ0n) is 9.47. The van der Waals surface area contributed by atoms with Gasteiger partial charge in [0.2, 0.25) is 0 Å². The molecule has 1 unspecified atom stereocenters. The number of hydrogen-bond donors (Lipinski definition) is 3. The summed E-state index contributed by atoms with van der Waals surface area (Å²) in [6, 6.07) is 7.08. The van der Waals surface area contributed by atoms with Crippen molar-refractivity contribution in [3.8, 4) is 0 Å². The first-order valence-electron chi connectivity index (χ1n) is 5.01. The van der Waals surface area contributed by atoms with Crippen molar-refractivity contribution in [2.24, 2.45) is 5.73 Å². The fraction of sp³-hybridized carbons (Fsp3) is 0.364. The first kappa shape index (κ1) is 12.5. The Morgan fingerprint density at radius 3 is 2.44 bits per heavy atom. The van der Waals surface area contributed by atoms with Crippen LogP contribution in [-0.2, 0) is 0 Å². The van der Waals surface area contributed by atoms with E-state index in [4.69, 9.17) is 10.8 Å². The number of rotatable bonds is 4. The fourth-order valence-corrected chi connectivity index (χ4v) is 1.20. The highest BCUT2D eigenvalue weighted by molar-refractivity contribution is 5.94. The van der Waals surface area contributed by atoms with Crippen LogP contribution in [0, 0.1) is 0 Å². The first-order chi connectivity index (χ1) is 7.54. The molecule has 0 aromatic heterocycles.